The average molecular weight is 539 g/mol. The smallest absolute Gasteiger partial charge is 0.305 e. The molecule has 0 saturated carbocycles. The number of hydrogen-bond acceptors (Lipinski definition) is 5. The zero-order valence-corrected chi connectivity index (χ0v) is 22.7. The van der Waals surface area contributed by atoms with Crippen molar-refractivity contribution in [2.45, 2.75) is 39.2 Å². The minimum atomic E-state index is -1.03. The molecule has 2 amide bonds. The van der Waals surface area contributed by atoms with E-state index < -0.39 is 17.9 Å². The molecule has 40 heavy (non-hydrogen) atoms. The van der Waals surface area contributed by atoms with E-state index in [0.717, 1.165) is 27.9 Å². The summed E-state index contributed by atoms with van der Waals surface area (Å²) in [6.45, 7) is 4.41. The average Bonchev–Trinajstić information content (AvgIpc) is 2.94. The first-order chi connectivity index (χ1) is 19.3. The van der Waals surface area contributed by atoms with E-state index in [1.165, 1.54) is 10.9 Å². The summed E-state index contributed by atoms with van der Waals surface area (Å²) in [5.74, 6) is -0.975. The summed E-state index contributed by atoms with van der Waals surface area (Å²) in [6.07, 6.45) is 2.28. The number of carbonyl (C=O) groups excluding carboxylic acids is 2. The van der Waals surface area contributed by atoms with Gasteiger partial charge >= 0.3 is 5.97 Å². The SMILES string of the molecule is Cc1ccnc(NCCCC(=O)NCC(=O)N[C@@H](CC(=O)O)c2ccc(-c3ccc(C)c4ccccc34)cc2)c1. The predicted molar refractivity (Wildman–Crippen MR) is 157 cm³/mol. The van der Waals surface area contributed by atoms with Crippen molar-refractivity contribution in [1.82, 2.24) is 15.6 Å². The number of rotatable bonds is 12. The minimum Gasteiger partial charge on any atom is -0.481 e. The van der Waals surface area contributed by atoms with Crippen LogP contribution in [-0.2, 0) is 14.4 Å². The number of aryl methyl sites for hydroxylation is 2. The van der Waals surface area contributed by atoms with E-state index in [4.69, 9.17) is 0 Å². The monoisotopic (exact) mass is 538 g/mol. The molecule has 1 atom stereocenters. The van der Waals surface area contributed by atoms with Crippen molar-refractivity contribution in [3.8, 4) is 11.1 Å². The maximum Gasteiger partial charge on any atom is 0.305 e. The Morgan fingerprint density at radius 1 is 0.900 bits per heavy atom. The summed E-state index contributed by atoms with van der Waals surface area (Å²) in [5.41, 5.74) is 5.06. The largest absolute Gasteiger partial charge is 0.481 e. The summed E-state index contributed by atoms with van der Waals surface area (Å²) in [6, 6.07) is 23.1. The van der Waals surface area contributed by atoms with E-state index in [2.05, 4.69) is 52.1 Å². The third-order valence-corrected chi connectivity index (χ3v) is 6.73. The molecule has 4 aromatic rings. The number of amides is 2. The molecule has 0 aliphatic rings. The van der Waals surface area contributed by atoms with E-state index in [0.29, 0.717) is 18.5 Å². The minimum absolute atomic E-state index is 0.227. The number of nitrogens with one attached hydrogen (secondary N) is 3. The number of carboxylic acids is 1. The Kier molecular flexibility index (Phi) is 9.46. The zero-order chi connectivity index (χ0) is 28.5. The highest BCUT2D eigenvalue weighted by Crippen LogP contribution is 2.31. The number of benzene rings is 3. The number of anilines is 1. The fraction of sp³-hybridized carbons (Fsp3) is 0.250. The van der Waals surface area contributed by atoms with Gasteiger partial charge in [0.15, 0.2) is 0 Å². The van der Waals surface area contributed by atoms with Crippen molar-refractivity contribution in [2.24, 2.45) is 0 Å². The van der Waals surface area contributed by atoms with Gasteiger partial charge in [0.2, 0.25) is 11.8 Å². The second-order valence-electron chi connectivity index (χ2n) is 9.84. The van der Waals surface area contributed by atoms with E-state index in [1.54, 1.807) is 6.20 Å². The molecule has 8 nitrogen and oxygen atoms in total. The normalized spacial score (nSPS) is 11.6. The predicted octanol–water partition coefficient (Wildman–Crippen LogP) is 5.16. The molecule has 3 aromatic carbocycles. The lowest BCUT2D eigenvalue weighted by atomic mass is 9.94. The summed E-state index contributed by atoms with van der Waals surface area (Å²) in [7, 11) is 0. The molecule has 206 valence electrons. The molecule has 4 rings (SSSR count). The molecule has 0 unspecified atom stereocenters. The van der Waals surface area contributed by atoms with Crippen molar-refractivity contribution >= 4 is 34.4 Å². The first-order valence-corrected chi connectivity index (χ1v) is 13.3. The lowest BCUT2D eigenvalue weighted by Crippen LogP contribution is -2.39. The van der Waals surface area contributed by atoms with Crippen LogP contribution in [0.25, 0.3) is 21.9 Å². The van der Waals surface area contributed by atoms with Gasteiger partial charge in [0.25, 0.3) is 0 Å². The van der Waals surface area contributed by atoms with Gasteiger partial charge < -0.3 is 21.1 Å². The molecule has 1 heterocycles. The van der Waals surface area contributed by atoms with Gasteiger partial charge in [-0.25, -0.2) is 4.98 Å². The molecule has 0 saturated heterocycles. The molecule has 0 fully saturated rings. The van der Waals surface area contributed by atoms with Crippen LogP contribution >= 0.6 is 0 Å². The third-order valence-electron chi connectivity index (χ3n) is 6.73. The van der Waals surface area contributed by atoms with Crippen LogP contribution in [0.3, 0.4) is 0 Å². The fourth-order valence-corrected chi connectivity index (χ4v) is 4.63. The van der Waals surface area contributed by atoms with Gasteiger partial charge in [0.1, 0.15) is 5.82 Å². The first kappa shape index (κ1) is 28.3. The summed E-state index contributed by atoms with van der Waals surface area (Å²) >= 11 is 0. The van der Waals surface area contributed by atoms with Crippen LogP contribution in [0.2, 0.25) is 0 Å². The van der Waals surface area contributed by atoms with Crippen molar-refractivity contribution in [1.29, 1.82) is 0 Å². The number of fused-ring (bicyclic) bond motifs is 1. The van der Waals surface area contributed by atoms with Crippen molar-refractivity contribution in [2.75, 3.05) is 18.4 Å². The zero-order valence-electron chi connectivity index (χ0n) is 22.7. The van der Waals surface area contributed by atoms with Gasteiger partial charge in [-0.1, -0.05) is 60.7 Å². The van der Waals surface area contributed by atoms with Crippen LogP contribution in [0.15, 0.2) is 79.0 Å². The number of hydrogen-bond donors (Lipinski definition) is 4. The van der Waals surface area contributed by atoms with E-state index >= 15 is 0 Å². The Bertz CT molecular complexity index is 1500. The van der Waals surface area contributed by atoms with Gasteiger partial charge in [0.05, 0.1) is 19.0 Å². The summed E-state index contributed by atoms with van der Waals surface area (Å²) in [5, 5.41) is 20.3. The highest BCUT2D eigenvalue weighted by molar-refractivity contribution is 5.98. The lowest BCUT2D eigenvalue weighted by Gasteiger charge is -2.18. The maximum absolute atomic E-state index is 12.6. The molecule has 1 aromatic heterocycles. The van der Waals surface area contributed by atoms with Crippen LogP contribution in [0.4, 0.5) is 5.82 Å². The quantitative estimate of drug-likeness (QED) is 0.185. The Morgan fingerprint density at radius 2 is 1.65 bits per heavy atom. The highest BCUT2D eigenvalue weighted by atomic mass is 16.4. The fourth-order valence-electron chi connectivity index (χ4n) is 4.63. The number of carbonyl (C=O) groups is 3. The van der Waals surface area contributed by atoms with Gasteiger partial charge in [0, 0.05) is 19.2 Å². The molecule has 0 bridgehead atoms. The lowest BCUT2D eigenvalue weighted by molar-refractivity contribution is -0.138. The standard InChI is InChI=1S/C32H34N4O4/c1-21-15-17-34-29(18-21)33-16-5-8-30(37)35-20-31(38)36-28(19-32(39)40)24-12-10-23(11-13-24)26-14-9-22(2)25-6-3-4-7-27(25)26/h3-4,6-7,9-15,17-18,28H,5,8,16,19-20H2,1-2H3,(H,33,34)(H,35,37)(H,36,38)(H,39,40)/t28-/m0/s1. The van der Waals surface area contributed by atoms with Gasteiger partial charge in [-0.15, -0.1) is 0 Å². The number of carboxylic acid groups (broad SMARTS) is 1. The molecular weight excluding hydrogens is 504 g/mol. The summed E-state index contributed by atoms with van der Waals surface area (Å²) < 4.78 is 0. The van der Waals surface area contributed by atoms with E-state index in [9.17, 15) is 19.5 Å². The second kappa shape index (κ2) is 13.4. The van der Waals surface area contributed by atoms with E-state index in [-0.39, 0.29) is 25.3 Å². The van der Waals surface area contributed by atoms with Gasteiger partial charge in [-0.3, -0.25) is 14.4 Å². The number of pyridine rings is 1. The topological polar surface area (TPSA) is 120 Å². The Hall–Kier alpha value is -4.72. The number of aromatic nitrogens is 1. The third kappa shape index (κ3) is 7.66. The molecule has 0 spiro atoms. The van der Waals surface area contributed by atoms with Crippen molar-refractivity contribution in [3.05, 3.63) is 95.7 Å². The molecule has 8 heteroatoms. The Balaban J connectivity index is 1.32. The van der Waals surface area contributed by atoms with Gasteiger partial charge in [-0.05, 0) is 71.0 Å². The molecular formula is C32H34N4O4. The van der Waals surface area contributed by atoms with Crippen LogP contribution < -0.4 is 16.0 Å². The number of nitrogens with zero attached hydrogens (tertiary/aromatic N) is 1. The number of aliphatic carboxylic acids is 1. The molecule has 4 N–H and O–H groups in total. The molecule has 0 aliphatic heterocycles. The summed E-state index contributed by atoms with van der Waals surface area (Å²) in [4.78, 5) is 40.5. The van der Waals surface area contributed by atoms with E-state index in [1.807, 2.05) is 55.5 Å². The Morgan fingerprint density at radius 3 is 2.38 bits per heavy atom. The van der Waals surface area contributed by atoms with Crippen LogP contribution in [0.1, 0.15) is 42.0 Å². The molecule has 0 aliphatic carbocycles. The molecule has 0 radical (unpaired) electrons. The Labute approximate surface area is 233 Å². The van der Waals surface area contributed by atoms with Crippen LogP contribution in [-0.4, -0.2) is 41.0 Å². The maximum atomic E-state index is 12.6. The first-order valence-electron chi connectivity index (χ1n) is 13.3. The van der Waals surface area contributed by atoms with Crippen LogP contribution in [0, 0.1) is 13.8 Å². The van der Waals surface area contributed by atoms with Crippen molar-refractivity contribution in [3.63, 3.8) is 0 Å². The highest BCUT2D eigenvalue weighted by Gasteiger charge is 2.19. The van der Waals surface area contributed by atoms with Crippen molar-refractivity contribution < 1.29 is 19.5 Å². The van der Waals surface area contributed by atoms with Gasteiger partial charge in [-0.2, -0.15) is 0 Å². The second-order valence-corrected chi connectivity index (χ2v) is 9.84. The van der Waals surface area contributed by atoms with Crippen LogP contribution in [0.5, 0.6) is 0 Å².